The van der Waals surface area contributed by atoms with Gasteiger partial charge in [0.25, 0.3) is 0 Å². The van der Waals surface area contributed by atoms with Crippen molar-refractivity contribution in [2.45, 2.75) is 45.3 Å². The van der Waals surface area contributed by atoms with Gasteiger partial charge in [0.1, 0.15) is 5.65 Å². The van der Waals surface area contributed by atoms with Crippen LogP contribution in [0.25, 0.3) is 11.0 Å². The number of hydrogen-bond acceptors (Lipinski definition) is 2. The zero-order chi connectivity index (χ0) is 14.3. The lowest BCUT2D eigenvalue weighted by atomic mass is 10.2. The lowest BCUT2D eigenvalue weighted by Gasteiger charge is -2.38. The third-order valence-electron chi connectivity index (χ3n) is 4.35. The minimum atomic E-state index is -1.71. The summed E-state index contributed by atoms with van der Waals surface area (Å²) in [6.45, 7) is 11.6. The first kappa shape index (κ1) is 13.8. The number of nitrogens with zero attached hydrogens (tertiary/aromatic N) is 3. The second-order valence-corrected chi connectivity index (χ2v) is 11.6. The zero-order valence-corrected chi connectivity index (χ0v) is 13.4. The molecule has 0 radical (unpaired) electrons. The second kappa shape index (κ2) is 4.50. The van der Waals surface area contributed by atoms with E-state index in [1.54, 1.807) is 0 Å². The van der Waals surface area contributed by atoms with Crippen LogP contribution >= 0.6 is 0 Å². The molecular weight excluding hydrogens is 250 g/mol. The van der Waals surface area contributed by atoms with Crippen molar-refractivity contribution < 1.29 is 0 Å². The summed E-state index contributed by atoms with van der Waals surface area (Å²) in [5.74, 6) is 0. The van der Waals surface area contributed by atoms with Crippen molar-refractivity contribution in [2.24, 2.45) is 0 Å². The van der Waals surface area contributed by atoms with Gasteiger partial charge in [0.15, 0.2) is 8.24 Å². The Hall–Kier alpha value is -1.60. The van der Waals surface area contributed by atoms with Gasteiger partial charge < -0.3 is 4.23 Å². The average Bonchev–Trinajstić information content (AvgIpc) is 2.68. The van der Waals surface area contributed by atoms with Crippen LogP contribution in [0, 0.1) is 11.3 Å². The molecule has 0 saturated carbocycles. The molecule has 0 aliphatic heterocycles. The Kier molecular flexibility index (Phi) is 3.27. The molecule has 0 N–H and O–H groups in total. The number of pyridine rings is 1. The fourth-order valence-electron chi connectivity index (χ4n) is 2.14. The van der Waals surface area contributed by atoms with Gasteiger partial charge >= 0.3 is 0 Å². The van der Waals surface area contributed by atoms with Crippen LogP contribution in [-0.4, -0.2) is 17.5 Å². The Bertz CT molecular complexity index is 641. The third-order valence-corrected chi connectivity index (χ3v) is 9.57. The summed E-state index contributed by atoms with van der Waals surface area (Å²) < 4.78 is 2.36. The highest BCUT2D eigenvalue weighted by atomic mass is 28.3. The van der Waals surface area contributed by atoms with Gasteiger partial charge in [-0.1, -0.05) is 33.9 Å². The first-order valence-corrected chi connectivity index (χ1v) is 9.56. The van der Waals surface area contributed by atoms with Crippen molar-refractivity contribution >= 4 is 19.3 Å². The van der Waals surface area contributed by atoms with Crippen LogP contribution in [0.3, 0.4) is 0 Å². The summed E-state index contributed by atoms with van der Waals surface area (Å²) in [5.41, 5.74) is 2.12. The van der Waals surface area contributed by atoms with Gasteiger partial charge in [0, 0.05) is 17.8 Å². The van der Waals surface area contributed by atoms with Gasteiger partial charge in [0.2, 0.25) is 0 Å². The Morgan fingerprint density at radius 3 is 2.63 bits per heavy atom. The summed E-state index contributed by atoms with van der Waals surface area (Å²) in [6.07, 6.45) is 4.43. The molecule has 0 bridgehead atoms. The number of hydrogen-bond donors (Lipinski definition) is 0. The molecular formula is C15H21N3Si. The smallest absolute Gasteiger partial charge is 0.163 e. The van der Waals surface area contributed by atoms with Gasteiger partial charge in [-0.05, 0) is 22.7 Å². The Labute approximate surface area is 116 Å². The normalized spacial score (nSPS) is 12.6. The highest BCUT2D eigenvalue weighted by Gasteiger charge is 2.38. The molecule has 0 aliphatic carbocycles. The van der Waals surface area contributed by atoms with E-state index in [-0.39, 0.29) is 5.04 Å². The number of fused-ring (bicyclic) bond motifs is 1. The minimum Gasteiger partial charge on any atom is -0.359 e. The molecule has 0 fully saturated rings. The molecule has 0 aromatic carbocycles. The van der Waals surface area contributed by atoms with Crippen molar-refractivity contribution in [1.29, 1.82) is 5.26 Å². The molecule has 3 nitrogen and oxygen atoms in total. The van der Waals surface area contributed by atoms with Crippen LogP contribution < -0.4 is 0 Å². The van der Waals surface area contributed by atoms with Crippen molar-refractivity contribution in [3.63, 3.8) is 0 Å². The molecule has 2 aromatic heterocycles. The first-order chi connectivity index (χ1) is 8.79. The van der Waals surface area contributed by atoms with E-state index < -0.39 is 8.24 Å². The monoisotopic (exact) mass is 271 g/mol. The van der Waals surface area contributed by atoms with Crippen LogP contribution in [0.5, 0.6) is 0 Å². The quantitative estimate of drug-likeness (QED) is 0.776. The highest BCUT2D eigenvalue weighted by molar-refractivity contribution is 6.79. The number of nitriles is 1. The summed E-state index contributed by atoms with van der Waals surface area (Å²) in [4.78, 5) is 4.55. The van der Waals surface area contributed by atoms with Crippen molar-refractivity contribution in [3.8, 4) is 6.07 Å². The summed E-state index contributed by atoms with van der Waals surface area (Å²) in [6, 6.07) is 6.27. The SMILES string of the molecule is CC(C)(C)[Si](C)(C)n1cc(CC#N)c2cccnc21. The van der Waals surface area contributed by atoms with E-state index in [4.69, 9.17) is 5.26 Å². The summed E-state index contributed by atoms with van der Waals surface area (Å²) in [5, 5.41) is 10.3. The molecule has 0 amide bonds. The predicted molar refractivity (Wildman–Crippen MR) is 81.6 cm³/mol. The molecule has 2 heterocycles. The second-order valence-electron chi connectivity index (χ2n) is 6.54. The largest absolute Gasteiger partial charge is 0.359 e. The number of rotatable bonds is 2. The summed E-state index contributed by atoms with van der Waals surface area (Å²) >= 11 is 0. The fourth-order valence-corrected chi connectivity index (χ4v) is 4.05. The maximum absolute atomic E-state index is 8.98. The molecule has 0 aliphatic rings. The van der Waals surface area contributed by atoms with E-state index in [1.165, 1.54) is 0 Å². The van der Waals surface area contributed by atoms with Crippen LogP contribution in [0.2, 0.25) is 18.1 Å². The number of aromatic nitrogens is 2. The minimum absolute atomic E-state index is 0.236. The molecule has 100 valence electrons. The van der Waals surface area contributed by atoms with E-state index >= 15 is 0 Å². The lowest BCUT2D eigenvalue weighted by molar-refractivity contribution is 0.702. The standard InChI is InChI=1S/C15H21N3Si/c1-15(2,3)19(4,5)18-11-12(8-9-16)13-7-6-10-17-14(13)18/h6-7,10-11H,8H2,1-5H3. The zero-order valence-electron chi connectivity index (χ0n) is 12.4. The van der Waals surface area contributed by atoms with Gasteiger partial charge in [0.05, 0.1) is 12.5 Å². The molecule has 0 spiro atoms. The van der Waals surface area contributed by atoms with E-state index in [2.05, 4.69) is 61.4 Å². The van der Waals surface area contributed by atoms with E-state index in [0.717, 1.165) is 16.6 Å². The molecule has 0 atom stereocenters. The van der Waals surface area contributed by atoms with E-state index in [0.29, 0.717) is 6.42 Å². The highest BCUT2D eigenvalue weighted by Crippen LogP contribution is 2.39. The Balaban J connectivity index is 2.72. The average molecular weight is 271 g/mol. The predicted octanol–water partition coefficient (Wildman–Crippen LogP) is 3.96. The van der Waals surface area contributed by atoms with Crippen LogP contribution in [0.4, 0.5) is 0 Å². The lowest BCUT2D eigenvalue weighted by Crippen LogP contribution is -2.45. The molecule has 0 saturated heterocycles. The summed E-state index contributed by atoms with van der Waals surface area (Å²) in [7, 11) is -1.71. The van der Waals surface area contributed by atoms with Crippen LogP contribution in [0.15, 0.2) is 24.5 Å². The van der Waals surface area contributed by atoms with Crippen molar-refractivity contribution in [1.82, 2.24) is 9.22 Å². The topological polar surface area (TPSA) is 41.6 Å². The molecule has 0 unspecified atom stereocenters. The fraction of sp³-hybridized carbons (Fsp3) is 0.467. The third kappa shape index (κ3) is 2.19. The first-order valence-electron chi connectivity index (χ1n) is 6.61. The van der Waals surface area contributed by atoms with E-state index in [9.17, 15) is 0 Å². The maximum Gasteiger partial charge on any atom is 0.163 e. The van der Waals surface area contributed by atoms with Gasteiger partial charge in [-0.15, -0.1) is 0 Å². The maximum atomic E-state index is 8.98. The van der Waals surface area contributed by atoms with Crippen molar-refractivity contribution in [2.75, 3.05) is 0 Å². The van der Waals surface area contributed by atoms with Gasteiger partial charge in [-0.25, -0.2) is 4.98 Å². The Morgan fingerprint density at radius 1 is 1.37 bits per heavy atom. The van der Waals surface area contributed by atoms with Crippen molar-refractivity contribution in [3.05, 3.63) is 30.1 Å². The van der Waals surface area contributed by atoms with E-state index in [1.807, 2.05) is 12.3 Å². The molecule has 4 heteroatoms. The van der Waals surface area contributed by atoms with Crippen LogP contribution in [-0.2, 0) is 6.42 Å². The Morgan fingerprint density at radius 2 is 2.05 bits per heavy atom. The molecule has 2 aromatic rings. The van der Waals surface area contributed by atoms with Crippen LogP contribution in [0.1, 0.15) is 26.3 Å². The molecule has 2 rings (SSSR count). The molecule has 19 heavy (non-hydrogen) atoms. The van der Waals surface area contributed by atoms with Gasteiger partial charge in [-0.3, -0.25) is 0 Å². The van der Waals surface area contributed by atoms with Gasteiger partial charge in [-0.2, -0.15) is 5.26 Å².